The van der Waals surface area contributed by atoms with Crippen LogP contribution in [0.15, 0.2) is 146 Å². The van der Waals surface area contributed by atoms with Crippen LogP contribution in [-0.4, -0.2) is 14.2 Å². The third kappa shape index (κ3) is 4.12. The summed E-state index contributed by atoms with van der Waals surface area (Å²) in [5, 5.41) is 15.3. The standard InChI is InChI=1S/C42H27F2N3O/c43-35-24-32(34-22-26(18-20-42(34)48)47-40-15-7-3-11-29(40)30-12-4-8-16-41(30)47)36(44)23-31(35)33-21-25(17-19-37(33)45)46-38-13-5-1-9-27(38)28-10-2-6-14-39(28)46/h1-24,48H,45H2. The highest BCUT2D eigenvalue weighted by Gasteiger charge is 2.20. The van der Waals surface area contributed by atoms with Crippen molar-refractivity contribution in [2.45, 2.75) is 0 Å². The smallest absolute Gasteiger partial charge is 0.131 e. The first-order valence-corrected chi connectivity index (χ1v) is 15.7. The summed E-state index contributed by atoms with van der Waals surface area (Å²) in [5.74, 6) is -1.49. The summed E-state index contributed by atoms with van der Waals surface area (Å²) in [4.78, 5) is 0. The molecular formula is C42H27F2N3O. The van der Waals surface area contributed by atoms with Crippen LogP contribution in [0.1, 0.15) is 0 Å². The van der Waals surface area contributed by atoms with E-state index in [-0.39, 0.29) is 22.4 Å². The average Bonchev–Trinajstić information content (AvgIpc) is 3.63. The van der Waals surface area contributed by atoms with Crippen molar-refractivity contribution in [3.05, 3.63) is 157 Å². The van der Waals surface area contributed by atoms with E-state index in [9.17, 15) is 5.11 Å². The van der Waals surface area contributed by atoms with Crippen LogP contribution in [0.2, 0.25) is 0 Å². The molecule has 0 aliphatic rings. The van der Waals surface area contributed by atoms with Gasteiger partial charge in [0.15, 0.2) is 0 Å². The van der Waals surface area contributed by atoms with Gasteiger partial charge in [0.25, 0.3) is 0 Å². The molecule has 0 atom stereocenters. The van der Waals surface area contributed by atoms with Gasteiger partial charge < -0.3 is 20.0 Å². The summed E-state index contributed by atoms with van der Waals surface area (Å²) in [6.07, 6.45) is 0. The fourth-order valence-electron chi connectivity index (χ4n) is 7.16. The lowest BCUT2D eigenvalue weighted by molar-refractivity contribution is 0.476. The van der Waals surface area contributed by atoms with Crippen LogP contribution in [-0.2, 0) is 0 Å². The van der Waals surface area contributed by atoms with Gasteiger partial charge in [-0.15, -0.1) is 0 Å². The predicted octanol–water partition coefficient (Wildman–Crippen LogP) is 10.8. The lowest BCUT2D eigenvalue weighted by Gasteiger charge is -2.15. The highest BCUT2D eigenvalue weighted by Crippen LogP contribution is 2.41. The largest absolute Gasteiger partial charge is 0.507 e. The number of nitrogens with two attached hydrogens (primary N) is 1. The van der Waals surface area contributed by atoms with E-state index in [1.54, 1.807) is 24.3 Å². The second-order valence-electron chi connectivity index (χ2n) is 12.0. The number of benzene rings is 7. The Morgan fingerprint density at radius 3 is 1.25 bits per heavy atom. The minimum absolute atomic E-state index is 0.0365. The van der Waals surface area contributed by atoms with E-state index < -0.39 is 11.6 Å². The van der Waals surface area contributed by atoms with Crippen molar-refractivity contribution < 1.29 is 13.9 Å². The second kappa shape index (κ2) is 10.6. The van der Waals surface area contributed by atoms with Crippen molar-refractivity contribution in [3.63, 3.8) is 0 Å². The van der Waals surface area contributed by atoms with Crippen molar-refractivity contribution in [1.82, 2.24) is 9.13 Å². The zero-order valence-electron chi connectivity index (χ0n) is 25.5. The maximum absolute atomic E-state index is 16.2. The fourth-order valence-corrected chi connectivity index (χ4v) is 7.16. The van der Waals surface area contributed by atoms with Crippen molar-refractivity contribution in [2.24, 2.45) is 0 Å². The number of rotatable bonds is 4. The zero-order valence-corrected chi connectivity index (χ0v) is 25.5. The van der Waals surface area contributed by atoms with Crippen LogP contribution in [0, 0.1) is 11.6 Å². The van der Waals surface area contributed by atoms with Gasteiger partial charge in [-0.2, -0.15) is 0 Å². The normalized spacial score (nSPS) is 11.7. The molecule has 7 aromatic carbocycles. The average molecular weight is 628 g/mol. The molecule has 4 nitrogen and oxygen atoms in total. The summed E-state index contributed by atoms with van der Waals surface area (Å²) in [5.41, 5.74) is 12.7. The van der Waals surface area contributed by atoms with E-state index in [0.717, 1.165) is 55.4 Å². The Labute approximate surface area is 274 Å². The van der Waals surface area contributed by atoms with Gasteiger partial charge in [0.2, 0.25) is 0 Å². The minimum Gasteiger partial charge on any atom is -0.507 e. The molecule has 0 amide bonds. The quantitative estimate of drug-likeness (QED) is 0.191. The molecule has 0 bridgehead atoms. The van der Waals surface area contributed by atoms with Crippen LogP contribution in [0.25, 0.3) is 77.2 Å². The highest BCUT2D eigenvalue weighted by atomic mass is 19.1. The third-order valence-electron chi connectivity index (χ3n) is 9.33. The number of nitrogen functional groups attached to an aromatic ring is 1. The SMILES string of the molecule is Nc1ccc(-n2c3ccccc3c3ccccc32)cc1-c1cc(F)c(-c2cc(-n3c4ccccc4c4ccccc43)ccc2O)cc1F. The number of para-hydroxylation sites is 4. The van der Waals surface area contributed by atoms with Gasteiger partial charge in [-0.25, -0.2) is 8.78 Å². The number of phenolic OH excluding ortho intramolecular Hbond substituents is 1. The molecule has 9 aromatic rings. The zero-order chi connectivity index (χ0) is 32.5. The highest BCUT2D eigenvalue weighted by molar-refractivity contribution is 6.10. The summed E-state index contributed by atoms with van der Waals surface area (Å²) in [6, 6.07) is 45.0. The Kier molecular flexibility index (Phi) is 6.14. The Balaban J connectivity index is 1.18. The van der Waals surface area contributed by atoms with Crippen molar-refractivity contribution in [3.8, 4) is 39.4 Å². The first-order valence-electron chi connectivity index (χ1n) is 15.7. The topological polar surface area (TPSA) is 56.1 Å². The molecule has 0 aliphatic carbocycles. The fraction of sp³-hybridized carbons (Fsp3) is 0. The molecule has 230 valence electrons. The molecule has 48 heavy (non-hydrogen) atoms. The van der Waals surface area contributed by atoms with Crippen molar-refractivity contribution >= 4 is 49.3 Å². The van der Waals surface area contributed by atoms with Crippen LogP contribution < -0.4 is 5.73 Å². The molecule has 6 heteroatoms. The van der Waals surface area contributed by atoms with Crippen LogP contribution in [0.3, 0.4) is 0 Å². The Morgan fingerprint density at radius 1 is 0.417 bits per heavy atom. The number of hydrogen-bond acceptors (Lipinski definition) is 2. The van der Waals surface area contributed by atoms with Gasteiger partial charge in [-0.3, -0.25) is 0 Å². The molecule has 0 unspecified atom stereocenters. The van der Waals surface area contributed by atoms with Gasteiger partial charge in [0.1, 0.15) is 17.4 Å². The van der Waals surface area contributed by atoms with Crippen LogP contribution >= 0.6 is 0 Å². The molecule has 0 radical (unpaired) electrons. The molecule has 2 heterocycles. The Hall–Kier alpha value is -6.40. The lowest BCUT2D eigenvalue weighted by atomic mass is 9.96. The maximum Gasteiger partial charge on any atom is 0.131 e. The van der Waals surface area contributed by atoms with Gasteiger partial charge in [-0.05, 0) is 72.8 Å². The molecule has 3 N–H and O–H groups in total. The molecular weight excluding hydrogens is 600 g/mol. The number of fused-ring (bicyclic) bond motifs is 6. The summed E-state index contributed by atoms with van der Waals surface area (Å²) >= 11 is 0. The second-order valence-corrected chi connectivity index (χ2v) is 12.0. The molecule has 0 aliphatic heterocycles. The number of hydrogen-bond donors (Lipinski definition) is 2. The van der Waals surface area contributed by atoms with Crippen molar-refractivity contribution in [2.75, 3.05) is 5.73 Å². The first kappa shape index (κ1) is 27.9. The molecule has 0 fully saturated rings. The van der Waals surface area contributed by atoms with Crippen LogP contribution in [0.5, 0.6) is 5.75 Å². The van der Waals surface area contributed by atoms with E-state index in [1.807, 2.05) is 78.9 Å². The van der Waals surface area contributed by atoms with E-state index in [2.05, 4.69) is 33.4 Å². The minimum atomic E-state index is -0.678. The number of nitrogens with zero attached hydrogens (tertiary/aromatic N) is 2. The van der Waals surface area contributed by atoms with Gasteiger partial charge >= 0.3 is 0 Å². The summed E-state index contributed by atoms with van der Waals surface area (Å²) in [6.45, 7) is 0. The number of anilines is 1. The number of phenols is 1. The van der Waals surface area contributed by atoms with E-state index in [0.29, 0.717) is 16.9 Å². The Morgan fingerprint density at radius 2 is 0.792 bits per heavy atom. The van der Waals surface area contributed by atoms with E-state index in [4.69, 9.17) is 5.73 Å². The summed E-state index contributed by atoms with van der Waals surface area (Å²) < 4.78 is 36.5. The number of aromatic hydroxyl groups is 1. The number of aromatic nitrogens is 2. The summed E-state index contributed by atoms with van der Waals surface area (Å²) in [7, 11) is 0. The van der Waals surface area contributed by atoms with Gasteiger partial charge in [-0.1, -0.05) is 72.8 Å². The third-order valence-corrected chi connectivity index (χ3v) is 9.33. The van der Waals surface area contributed by atoms with E-state index >= 15 is 8.78 Å². The van der Waals surface area contributed by atoms with Crippen molar-refractivity contribution in [1.29, 1.82) is 0 Å². The predicted molar refractivity (Wildman–Crippen MR) is 192 cm³/mol. The maximum atomic E-state index is 16.2. The lowest BCUT2D eigenvalue weighted by Crippen LogP contribution is -2.00. The molecule has 9 rings (SSSR count). The molecule has 0 saturated heterocycles. The monoisotopic (exact) mass is 627 g/mol. The Bertz CT molecular complexity index is 2440. The van der Waals surface area contributed by atoms with E-state index in [1.165, 1.54) is 12.1 Å². The number of halogens is 2. The molecule has 2 aromatic heterocycles. The molecule has 0 spiro atoms. The first-order chi connectivity index (χ1) is 23.5. The van der Waals surface area contributed by atoms with Gasteiger partial charge in [0, 0.05) is 60.9 Å². The van der Waals surface area contributed by atoms with Gasteiger partial charge in [0.05, 0.1) is 22.1 Å². The molecule has 0 saturated carbocycles. The van der Waals surface area contributed by atoms with Crippen LogP contribution in [0.4, 0.5) is 14.5 Å².